The number of carboxylic acid groups (broad SMARTS) is 1. The second-order valence-electron chi connectivity index (χ2n) is 6.29. The molecule has 9 heteroatoms. The molecule has 1 aromatic carbocycles. The molecule has 0 saturated heterocycles. The van der Waals surface area contributed by atoms with Crippen molar-refractivity contribution in [1.29, 1.82) is 0 Å². The topological polar surface area (TPSA) is 84.2 Å². The number of carbonyl (C=O) groups is 2. The Morgan fingerprint density at radius 3 is 2.38 bits per heavy atom. The molecular formula is C17H18F3N3O3. The molecule has 1 atom stereocenters. The average Bonchev–Trinajstić information content (AvgIpc) is 3.01. The van der Waals surface area contributed by atoms with E-state index in [1.54, 1.807) is 6.07 Å². The van der Waals surface area contributed by atoms with Crippen LogP contribution in [0.2, 0.25) is 0 Å². The summed E-state index contributed by atoms with van der Waals surface area (Å²) >= 11 is 0. The molecular weight excluding hydrogens is 351 g/mol. The lowest BCUT2D eigenvalue weighted by atomic mass is 9.95. The van der Waals surface area contributed by atoms with E-state index >= 15 is 0 Å². The Kier molecular flexibility index (Phi) is 5.38. The largest absolute Gasteiger partial charge is 0.479 e. The Labute approximate surface area is 147 Å². The number of nitrogens with one attached hydrogen (secondary N) is 1. The molecule has 6 nitrogen and oxygen atoms in total. The maximum atomic E-state index is 13.3. The van der Waals surface area contributed by atoms with E-state index in [0.29, 0.717) is 0 Å². The zero-order valence-electron chi connectivity index (χ0n) is 14.1. The minimum Gasteiger partial charge on any atom is -0.479 e. The fourth-order valence-corrected chi connectivity index (χ4v) is 2.30. The Morgan fingerprint density at radius 1 is 1.23 bits per heavy atom. The SMILES string of the molecule is CC(C)(C(=O)O)n1cc(NC(=O)CC(c2ccccc2)C(F)(F)F)cn1. The van der Waals surface area contributed by atoms with Gasteiger partial charge in [-0.05, 0) is 19.4 Å². The molecule has 140 valence electrons. The summed E-state index contributed by atoms with van der Waals surface area (Å²) in [4.78, 5) is 23.3. The number of alkyl halides is 3. The lowest BCUT2D eigenvalue weighted by Crippen LogP contribution is -2.35. The third kappa shape index (κ3) is 4.41. The molecule has 0 bridgehead atoms. The Morgan fingerprint density at radius 2 is 1.85 bits per heavy atom. The van der Waals surface area contributed by atoms with Crippen molar-refractivity contribution in [2.75, 3.05) is 5.32 Å². The molecule has 1 amide bonds. The number of carbonyl (C=O) groups excluding carboxylic acids is 1. The molecule has 2 N–H and O–H groups in total. The van der Waals surface area contributed by atoms with Gasteiger partial charge in [-0.3, -0.25) is 9.48 Å². The van der Waals surface area contributed by atoms with Gasteiger partial charge in [0.2, 0.25) is 5.91 Å². The predicted molar refractivity (Wildman–Crippen MR) is 87.7 cm³/mol. The maximum Gasteiger partial charge on any atom is 0.396 e. The lowest BCUT2D eigenvalue weighted by molar-refractivity contribution is -0.156. The number of halogens is 3. The Balaban J connectivity index is 2.12. The molecule has 26 heavy (non-hydrogen) atoms. The van der Waals surface area contributed by atoms with Crippen LogP contribution < -0.4 is 5.32 Å². The van der Waals surface area contributed by atoms with Gasteiger partial charge in [0.1, 0.15) is 0 Å². The van der Waals surface area contributed by atoms with Crippen molar-refractivity contribution in [3.63, 3.8) is 0 Å². The Hall–Kier alpha value is -2.84. The lowest BCUT2D eigenvalue weighted by Gasteiger charge is -2.20. The number of rotatable bonds is 6. The number of carboxylic acids is 1. The third-order valence-corrected chi connectivity index (χ3v) is 3.95. The molecule has 1 aromatic heterocycles. The van der Waals surface area contributed by atoms with Crippen molar-refractivity contribution in [3.8, 4) is 0 Å². The average molecular weight is 369 g/mol. The number of amides is 1. The summed E-state index contributed by atoms with van der Waals surface area (Å²) in [5, 5.41) is 15.3. The normalized spacial score (nSPS) is 13.3. The molecule has 2 aromatic rings. The summed E-state index contributed by atoms with van der Waals surface area (Å²) < 4.78 is 41.0. The van der Waals surface area contributed by atoms with Crippen LogP contribution in [0.4, 0.5) is 18.9 Å². The first kappa shape index (κ1) is 19.5. The van der Waals surface area contributed by atoms with Gasteiger partial charge in [0.25, 0.3) is 0 Å². The van der Waals surface area contributed by atoms with Gasteiger partial charge >= 0.3 is 12.1 Å². The minimum absolute atomic E-state index is 0.00199. The van der Waals surface area contributed by atoms with Gasteiger partial charge in [-0.1, -0.05) is 30.3 Å². The second kappa shape index (κ2) is 7.19. The van der Waals surface area contributed by atoms with E-state index in [0.717, 1.165) is 4.68 Å². The summed E-state index contributed by atoms with van der Waals surface area (Å²) in [5.41, 5.74) is -1.24. The third-order valence-electron chi connectivity index (χ3n) is 3.95. The predicted octanol–water partition coefficient (Wildman–Crippen LogP) is 3.38. The monoisotopic (exact) mass is 369 g/mol. The van der Waals surface area contributed by atoms with E-state index in [2.05, 4.69) is 10.4 Å². The van der Waals surface area contributed by atoms with Crippen LogP contribution in [-0.4, -0.2) is 32.9 Å². The number of anilines is 1. The standard InChI is InChI=1S/C17H18F3N3O3/c1-16(2,15(25)26)23-10-12(9-21-23)22-14(24)8-13(17(18,19)20)11-6-4-3-5-7-11/h3-7,9-10,13H,8H2,1-2H3,(H,22,24)(H,25,26). The van der Waals surface area contributed by atoms with E-state index in [4.69, 9.17) is 5.11 Å². The van der Waals surface area contributed by atoms with E-state index in [1.807, 2.05) is 0 Å². The number of hydrogen-bond donors (Lipinski definition) is 2. The molecule has 0 aliphatic rings. The van der Waals surface area contributed by atoms with Crippen LogP contribution in [-0.2, 0) is 15.1 Å². The summed E-state index contributed by atoms with van der Waals surface area (Å²) in [5.74, 6) is -3.92. The van der Waals surface area contributed by atoms with E-state index in [1.165, 1.54) is 50.5 Å². The number of aromatic nitrogens is 2. The highest BCUT2D eigenvalue weighted by Gasteiger charge is 2.42. The summed E-state index contributed by atoms with van der Waals surface area (Å²) in [7, 11) is 0. The number of benzene rings is 1. The highest BCUT2D eigenvalue weighted by Crippen LogP contribution is 2.37. The molecule has 2 rings (SSSR count). The van der Waals surface area contributed by atoms with Gasteiger partial charge in [0.15, 0.2) is 5.54 Å². The molecule has 0 fully saturated rings. The van der Waals surface area contributed by atoms with Gasteiger partial charge in [-0.25, -0.2) is 4.79 Å². The van der Waals surface area contributed by atoms with E-state index in [9.17, 15) is 22.8 Å². The number of aliphatic carboxylic acids is 1. The molecule has 0 aliphatic heterocycles. The zero-order valence-corrected chi connectivity index (χ0v) is 14.1. The first-order valence-corrected chi connectivity index (χ1v) is 7.72. The van der Waals surface area contributed by atoms with Crippen molar-refractivity contribution in [1.82, 2.24) is 9.78 Å². The van der Waals surface area contributed by atoms with Crippen molar-refractivity contribution in [2.24, 2.45) is 0 Å². The van der Waals surface area contributed by atoms with Gasteiger partial charge in [-0.15, -0.1) is 0 Å². The van der Waals surface area contributed by atoms with Crippen LogP contribution in [0.3, 0.4) is 0 Å². The first-order chi connectivity index (χ1) is 12.0. The molecule has 0 spiro atoms. The van der Waals surface area contributed by atoms with Crippen molar-refractivity contribution in [2.45, 2.75) is 37.9 Å². The molecule has 0 radical (unpaired) electrons. The molecule has 0 saturated carbocycles. The van der Waals surface area contributed by atoms with Crippen LogP contribution in [0.15, 0.2) is 42.7 Å². The zero-order chi connectivity index (χ0) is 19.5. The summed E-state index contributed by atoms with van der Waals surface area (Å²) in [6, 6.07) is 7.18. The summed E-state index contributed by atoms with van der Waals surface area (Å²) in [6.07, 6.45) is -2.92. The van der Waals surface area contributed by atoms with Crippen LogP contribution in [0.25, 0.3) is 0 Å². The van der Waals surface area contributed by atoms with Gasteiger partial charge in [-0.2, -0.15) is 18.3 Å². The van der Waals surface area contributed by atoms with E-state index < -0.39 is 35.9 Å². The highest BCUT2D eigenvalue weighted by molar-refractivity contribution is 5.91. The summed E-state index contributed by atoms with van der Waals surface area (Å²) in [6.45, 7) is 2.81. The Bertz CT molecular complexity index is 785. The molecule has 1 unspecified atom stereocenters. The smallest absolute Gasteiger partial charge is 0.396 e. The minimum atomic E-state index is -4.58. The van der Waals surface area contributed by atoms with Gasteiger partial charge in [0.05, 0.1) is 17.8 Å². The van der Waals surface area contributed by atoms with Crippen molar-refractivity contribution >= 4 is 17.6 Å². The van der Waals surface area contributed by atoms with Crippen LogP contribution >= 0.6 is 0 Å². The van der Waals surface area contributed by atoms with Gasteiger partial charge in [0, 0.05) is 12.6 Å². The number of hydrogen-bond acceptors (Lipinski definition) is 3. The number of nitrogens with zero attached hydrogens (tertiary/aromatic N) is 2. The van der Waals surface area contributed by atoms with Gasteiger partial charge < -0.3 is 10.4 Å². The fraction of sp³-hybridized carbons (Fsp3) is 0.353. The highest BCUT2D eigenvalue weighted by atomic mass is 19.4. The van der Waals surface area contributed by atoms with Crippen LogP contribution in [0.5, 0.6) is 0 Å². The first-order valence-electron chi connectivity index (χ1n) is 7.72. The maximum absolute atomic E-state index is 13.3. The second-order valence-corrected chi connectivity index (χ2v) is 6.29. The quantitative estimate of drug-likeness (QED) is 0.818. The van der Waals surface area contributed by atoms with Crippen LogP contribution in [0, 0.1) is 0 Å². The van der Waals surface area contributed by atoms with Crippen molar-refractivity contribution < 1.29 is 27.9 Å². The fourth-order valence-electron chi connectivity index (χ4n) is 2.30. The molecule has 0 aliphatic carbocycles. The van der Waals surface area contributed by atoms with Crippen LogP contribution in [0.1, 0.15) is 31.7 Å². The van der Waals surface area contributed by atoms with Crippen molar-refractivity contribution in [3.05, 3.63) is 48.3 Å². The molecule has 1 heterocycles. The van der Waals surface area contributed by atoms with E-state index in [-0.39, 0.29) is 11.3 Å².